The van der Waals surface area contributed by atoms with Gasteiger partial charge >= 0.3 is 0 Å². The predicted molar refractivity (Wildman–Crippen MR) is 54.4 cm³/mol. The van der Waals surface area contributed by atoms with Gasteiger partial charge in [-0.25, -0.2) is 4.98 Å². The lowest BCUT2D eigenvalue weighted by Crippen LogP contribution is -2.17. The highest BCUT2D eigenvalue weighted by Gasteiger charge is 2.24. The summed E-state index contributed by atoms with van der Waals surface area (Å²) in [4.78, 5) is 6.82. The molecule has 66 valence electrons. The van der Waals surface area contributed by atoms with Crippen LogP contribution in [0, 0.1) is 0 Å². The number of hydrogen-bond donors (Lipinski definition) is 0. The summed E-state index contributed by atoms with van der Waals surface area (Å²) in [6.07, 6.45) is 2.56. The molecular formula is C8H11BrN2S. The molecule has 12 heavy (non-hydrogen) atoms. The van der Waals surface area contributed by atoms with E-state index in [1.165, 1.54) is 24.4 Å². The highest BCUT2D eigenvalue weighted by molar-refractivity contribution is 9.10. The molecule has 1 aromatic heterocycles. The molecule has 1 aliphatic rings. The van der Waals surface area contributed by atoms with Gasteiger partial charge in [-0.2, -0.15) is 0 Å². The van der Waals surface area contributed by atoms with Gasteiger partial charge in [0.05, 0.1) is 6.04 Å². The zero-order valence-corrected chi connectivity index (χ0v) is 9.36. The Labute approximate surface area is 84.7 Å². The third-order valence-corrected chi connectivity index (χ3v) is 3.95. The number of likely N-dealkylation sites (tertiary alicyclic amines) is 1. The van der Waals surface area contributed by atoms with Crippen LogP contribution in [0.4, 0.5) is 0 Å². The van der Waals surface area contributed by atoms with Crippen molar-refractivity contribution in [2.24, 2.45) is 0 Å². The maximum Gasteiger partial charge on any atom is 0.117 e. The first-order valence-electron chi connectivity index (χ1n) is 4.08. The van der Waals surface area contributed by atoms with Crippen LogP contribution < -0.4 is 0 Å². The zero-order valence-electron chi connectivity index (χ0n) is 6.96. The molecule has 0 amide bonds. The van der Waals surface area contributed by atoms with E-state index < -0.39 is 0 Å². The van der Waals surface area contributed by atoms with Gasteiger partial charge < -0.3 is 0 Å². The normalized spacial score (nSPS) is 25.0. The Hall–Kier alpha value is 0.0700. The van der Waals surface area contributed by atoms with E-state index in [4.69, 9.17) is 0 Å². The largest absolute Gasteiger partial charge is 0.297 e. The summed E-state index contributed by atoms with van der Waals surface area (Å²) in [5, 5.41) is 3.31. The Balaban J connectivity index is 2.19. The Bertz CT molecular complexity index is 274. The maximum atomic E-state index is 4.44. The summed E-state index contributed by atoms with van der Waals surface area (Å²) in [6, 6.07) is 0.571. The summed E-state index contributed by atoms with van der Waals surface area (Å²) >= 11 is 5.13. The average Bonchev–Trinajstić information content (AvgIpc) is 2.58. The smallest absolute Gasteiger partial charge is 0.117 e. The summed E-state index contributed by atoms with van der Waals surface area (Å²) in [6.45, 7) is 1.21. The molecule has 0 bridgehead atoms. The number of rotatable bonds is 1. The Morgan fingerprint density at radius 2 is 2.58 bits per heavy atom. The molecule has 0 saturated carbocycles. The first-order chi connectivity index (χ1) is 5.77. The summed E-state index contributed by atoms with van der Waals surface area (Å²) in [5.41, 5.74) is 0. The topological polar surface area (TPSA) is 16.1 Å². The van der Waals surface area contributed by atoms with E-state index in [0.29, 0.717) is 6.04 Å². The Morgan fingerprint density at radius 1 is 1.75 bits per heavy atom. The van der Waals surface area contributed by atoms with Crippen LogP contribution in [0.15, 0.2) is 9.98 Å². The molecule has 0 spiro atoms. The first-order valence-corrected chi connectivity index (χ1v) is 5.76. The molecule has 0 radical (unpaired) electrons. The molecule has 0 aliphatic carbocycles. The van der Waals surface area contributed by atoms with Gasteiger partial charge in [0.15, 0.2) is 0 Å². The fraction of sp³-hybridized carbons (Fsp3) is 0.625. The lowest BCUT2D eigenvalue weighted by Gasteiger charge is -2.15. The Morgan fingerprint density at radius 3 is 3.08 bits per heavy atom. The predicted octanol–water partition coefficient (Wildman–Crippen LogP) is 2.67. The minimum atomic E-state index is 0.571. The molecule has 1 fully saturated rings. The third kappa shape index (κ3) is 1.56. The second-order valence-corrected chi connectivity index (χ2v) is 4.85. The molecule has 1 aromatic rings. The van der Waals surface area contributed by atoms with Gasteiger partial charge in [0, 0.05) is 5.38 Å². The number of aromatic nitrogens is 1. The van der Waals surface area contributed by atoms with Crippen molar-refractivity contribution in [2.45, 2.75) is 18.9 Å². The van der Waals surface area contributed by atoms with E-state index in [9.17, 15) is 0 Å². The number of hydrogen-bond acceptors (Lipinski definition) is 3. The SMILES string of the molecule is CN1CCCC1c1nc(Br)cs1. The summed E-state index contributed by atoms with van der Waals surface area (Å²) in [5.74, 6) is 0. The standard InChI is InChI=1S/C8H11BrN2S/c1-11-4-2-3-6(11)8-10-7(9)5-12-8/h5-6H,2-4H2,1H3. The lowest BCUT2D eigenvalue weighted by atomic mass is 10.2. The highest BCUT2D eigenvalue weighted by atomic mass is 79.9. The molecule has 2 nitrogen and oxygen atoms in total. The van der Waals surface area contributed by atoms with E-state index >= 15 is 0 Å². The average molecular weight is 247 g/mol. The van der Waals surface area contributed by atoms with Crippen LogP contribution >= 0.6 is 27.3 Å². The minimum Gasteiger partial charge on any atom is -0.297 e. The van der Waals surface area contributed by atoms with Gasteiger partial charge in [-0.05, 0) is 42.4 Å². The molecule has 2 heterocycles. The molecule has 1 unspecified atom stereocenters. The van der Waals surface area contributed by atoms with Crippen LogP contribution in [0.3, 0.4) is 0 Å². The fourth-order valence-corrected chi connectivity index (χ4v) is 3.11. The zero-order chi connectivity index (χ0) is 8.55. The fourth-order valence-electron chi connectivity index (χ4n) is 1.64. The van der Waals surface area contributed by atoms with Crippen LogP contribution in [0.5, 0.6) is 0 Å². The number of thiazole rings is 1. The van der Waals surface area contributed by atoms with Gasteiger partial charge in [-0.1, -0.05) is 0 Å². The van der Waals surface area contributed by atoms with Crippen molar-refractivity contribution in [3.63, 3.8) is 0 Å². The second-order valence-electron chi connectivity index (χ2n) is 3.15. The van der Waals surface area contributed by atoms with Crippen molar-refractivity contribution in [3.05, 3.63) is 15.0 Å². The molecule has 1 saturated heterocycles. The van der Waals surface area contributed by atoms with Gasteiger partial charge in [0.25, 0.3) is 0 Å². The van der Waals surface area contributed by atoms with Crippen molar-refractivity contribution in [2.75, 3.05) is 13.6 Å². The van der Waals surface area contributed by atoms with E-state index in [1.54, 1.807) is 11.3 Å². The van der Waals surface area contributed by atoms with Gasteiger partial charge in [0.1, 0.15) is 9.61 Å². The van der Waals surface area contributed by atoms with Crippen molar-refractivity contribution >= 4 is 27.3 Å². The first kappa shape index (κ1) is 8.66. The van der Waals surface area contributed by atoms with E-state index in [-0.39, 0.29) is 0 Å². The quantitative estimate of drug-likeness (QED) is 0.758. The van der Waals surface area contributed by atoms with Crippen LogP contribution in [-0.2, 0) is 0 Å². The molecule has 0 aromatic carbocycles. The number of halogens is 1. The number of nitrogens with zero attached hydrogens (tertiary/aromatic N) is 2. The monoisotopic (exact) mass is 246 g/mol. The molecule has 0 N–H and O–H groups in total. The molecule has 4 heteroatoms. The van der Waals surface area contributed by atoms with E-state index in [0.717, 1.165) is 4.60 Å². The maximum absolute atomic E-state index is 4.44. The highest BCUT2D eigenvalue weighted by Crippen LogP contribution is 2.32. The molecule has 2 rings (SSSR count). The summed E-state index contributed by atoms with van der Waals surface area (Å²) < 4.78 is 0.975. The minimum absolute atomic E-state index is 0.571. The van der Waals surface area contributed by atoms with Gasteiger partial charge in [-0.3, -0.25) is 4.90 Å². The van der Waals surface area contributed by atoms with Crippen LogP contribution in [0.1, 0.15) is 23.9 Å². The van der Waals surface area contributed by atoms with Gasteiger partial charge in [0.2, 0.25) is 0 Å². The van der Waals surface area contributed by atoms with Crippen molar-refractivity contribution in [1.82, 2.24) is 9.88 Å². The second kappa shape index (κ2) is 3.44. The van der Waals surface area contributed by atoms with Crippen LogP contribution in [0.25, 0.3) is 0 Å². The molecule has 1 atom stereocenters. The van der Waals surface area contributed by atoms with Gasteiger partial charge in [-0.15, -0.1) is 11.3 Å². The van der Waals surface area contributed by atoms with E-state index in [2.05, 4.69) is 38.2 Å². The van der Waals surface area contributed by atoms with Crippen molar-refractivity contribution in [1.29, 1.82) is 0 Å². The van der Waals surface area contributed by atoms with E-state index in [1.807, 2.05) is 0 Å². The summed E-state index contributed by atoms with van der Waals surface area (Å²) in [7, 11) is 2.17. The lowest BCUT2D eigenvalue weighted by molar-refractivity contribution is 0.316. The van der Waals surface area contributed by atoms with Crippen molar-refractivity contribution in [3.8, 4) is 0 Å². The molecule has 1 aliphatic heterocycles. The van der Waals surface area contributed by atoms with Crippen molar-refractivity contribution < 1.29 is 0 Å². The Kier molecular flexibility index (Phi) is 2.48. The third-order valence-electron chi connectivity index (χ3n) is 2.30. The molecular weight excluding hydrogens is 236 g/mol. The van der Waals surface area contributed by atoms with Crippen LogP contribution in [-0.4, -0.2) is 23.5 Å². The van der Waals surface area contributed by atoms with Crippen LogP contribution in [0.2, 0.25) is 0 Å².